The fourth-order valence-corrected chi connectivity index (χ4v) is 1.46. The lowest BCUT2D eigenvalue weighted by Gasteiger charge is -2.03. The monoisotopic (exact) mass is 200 g/mol. The average Bonchev–Trinajstić information content (AvgIpc) is 2.44. The minimum absolute atomic E-state index is 0.104. The Morgan fingerprint density at radius 1 is 1.33 bits per heavy atom. The Hall–Kier alpha value is -1.90. The number of hydrogen-bond donors (Lipinski definition) is 0. The van der Waals surface area contributed by atoms with Crippen molar-refractivity contribution in [2.45, 2.75) is 13.3 Å². The molecule has 15 heavy (non-hydrogen) atoms. The summed E-state index contributed by atoms with van der Waals surface area (Å²) in [6.07, 6.45) is 13.6. The van der Waals surface area contributed by atoms with Crippen molar-refractivity contribution in [1.29, 1.82) is 0 Å². The van der Waals surface area contributed by atoms with Crippen molar-refractivity contribution in [3.05, 3.63) is 58.8 Å². The molecule has 0 saturated heterocycles. The van der Waals surface area contributed by atoms with Gasteiger partial charge in [0.2, 0.25) is 0 Å². The van der Waals surface area contributed by atoms with Crippen LogP contribution >= 0.6 is 0 Å². The molecule has 3 nitrogen and oxygen atoms in total. The molecule has 0 amide bonds. The Morgan fingerprint density at radius 3 is 3.00 bits per heavy atom. The predicted octanol–water partition coefficient (Wildman–Crippen LogP) is 1.99. The molecule has 1 aliphatic rings. The highest BCUT2D eigenvalue weighted by Gasteiger charge is 2.00. The zero-order valence-corrected chi connectivity index (χ0v) is 8.55. The zero-order valence-electron chi connectivity index (χ0n) is 8.55. The summed E-state index contributed by atoms with van der Waals surface area (Å²) in [6.45, 7) is 2.04. The van der Waals surface area contributed by atoms with Gasteiger partial charge in [0.15, 0.2) is 0 Å². The predicted molar refractivity (Wildman–Crippen MR) is 60.3 cm³/mol. The second kappa shape index (κ2) is 4.09. The van der Waals surface area contributed by atoms with Crippen LogP contribution in [0.3, 0.4) is 0 Å². The molecule has 0 radical (unpaired) electrons. The Kier molecular flexibility index (Phi) is 2.63. The van der Waals surface area contributed by atoms with Gasteiger partial charge < -0.3 is 0 Å². The van der Waals surface area contributed by atoms with Gasteiger partial charge >= 0.3 is 0 Å². The molecular formula is C12H12N2O. The quantitative estimate of drug-likeness (QED) is 0.694. The fraction of sp³-hybridized carbons (Fsp3) is 0.167. The van der Waals surface area contributed by atoms with E-state index in [9.17, 15) is 4.79 Å². The molecule has 76 valence electrons. The third-order valence-electron chi connectivity index (χ3n) is 2.29. The largest absolute Gasteiger partial charge is 0.282 e. The molecular weight excluding hydrogens is 188 g/mol. The molecule has 0 saturated carbocycles. The second-order valence-electron chi connectivity index (χ2n) is 3.43. The van der Waals surface area contributed by atoms with Gasteiger partial charge in [-0.25, -0.2) is 0 Å². The number of hydrogen-bond acceptors (Lipinski definition) is 2. The molecule has 1 aromatic rings. The molecule has 0 aromatic carbocycles. The first-order valence-corrected chi connectivity index (χ1v) is 4.85. The number of rotatable bonds is 1. The van der Waals surface area contributed by atoms with Gasteiger partial charge in [-0.05, 0) is 19.4 Å². The number of aromatic nitrogens is 2. The highest BCUT2D eigenvalue weighted by atomic mass is 16.1. The van der Waals surface area contributed by atoms with Gasteiger partial charge in [0.05, 0.1) is 6.20 Å². The normalized spacial score (nSPS) is 15.5. The van der Waals surface area contributed by atoms with Crippen LogP contribution in [-0.4, -0.2) is 9.55 Å². The average molecular weight is 200 g/mol. The van der Waals surface area contributed by atoms with E-state index in [1.165, 1.54) is 11.8 Å². The van der Waals surface area contributed by atoms with E-state index in [-0.39, 0.29) is 5.56 Å². The minimum atomic E-state index is -0.104. The summed E-state index contributed by atoms with van der Waals surface area (Å²) in [5.74, 6) is 0. The molecule has 1 heterocycles. The lowest BCUT2D eigenvalue weighted by atomic mass is 10.2. The molecule has 3 heteroatoms. The van der Waals surface area contributed by atoms with Gasteiger partial charge in [0.25, 0.3) is 5.56 Å². The highest BCUT2D eigenvalue weighted by molar-refractivity contribution is 5.59. The van der Waals surface area contributed by atoms with Crippen LogP contribution < -0.4 is 5.56 Å². The van der Waals surface area contributed by atoms with E-state index < -0.39 is 0 Å². The van der Waals surface area contributed by atoms with Crippen molar-refractivity contribution in [3.8, 4) is 0 Å². The molecule has 0 N–H and O–H groups in total. The summed E-state index contributed by atoms with van der Waals surface area (Å²) in [5.41, 5.74) is 2.01. The molecule has 1 aliphatic carbocycles. The van der Waals surface area contributed by atoms with E-state index in [0.29, 0.717) is 0 Å². The van der Waals surface area contributed by atoms with Crippen LogP contribution in [0, 0.1) is 0 Å². The summed E-state index contributed by atoms with van der Waals surface area (Å²) in [6, 6.07) is 0. The minimum Gasteiger partial charge on any atom is -0.282 e. The van der Waals surface area contributed by atoms with Crippen LogP contribution in [0.25, 0.3) is 5.70 Å². The Morgan fingerprint density at radius 2 is 2.20 bits per heavy atom. The molecule has 0 fully saturated rings. The summed E-state index contributed by atoms with van der Waals surface area (Å²) < 4.78 is 1.59. The van der Waals surface area contributed by atoms with Crippen LogP contribution in [-0.2, 0) is 0 Å². The second-order valence-corrected chi connectivity index (χ2v) is 3.43. The zero-order chi connectivity index (χ0) is 10.7. The maximum atomic E-state index is 11.5. The lowest BCUT2D eigenvalue weighted by Crippen LogP contribution is -2.17. The Labute approximate surface area is 88.1 Å². The van der Waals surface area contributed by atoms with Crippen molar-refractivity contribution in [3.63, 3.8) is 0 Å². The van der Waals surface area contributed by atoms with E-state index in [0.717, 1.165) is 12.1 Å². The summed E-state index contributed by atoms with van der Waals surface area (Å²) in [7, 11) is 0. The molecule has 2 rings (SSSR count). The van der Waals surface area contributed by atoms with E-state index in [4.69, 9.17) is 0 Å². The SMILES string of the molecule is CC1=CCC=C(n2ccncc2=O)C=C1. The molecule has 0 bridgehead atoms. The van der Waals surface area contributed by atoms with E-state index in [1.54, 1.807) is 17.0 Å². The van der Waals surface area contributed by atoms with Crippen molar-refractivity contribution in [1.82, 2.24) is 9.55 Å². The van der Waals surface area contributed by atoms with Crippen LogP contribution in [0.2, 0.25) is 0 Å². The van der Waals surface area contributed by atoms with Crippen LogP contribution in [0.4, 0.5) is 0 Å². The fourth-order valence-electron chi connectivity index (χ4n) is 1.46. The summed E-state index contributed by atoms with van der Waals surface area (Å²) in [4.78, 5) is 15.3. The van der Waals surface area contributed by atoms with Crippen LogP contribution in [0.5, 0.6) is 0 Å². The third kappa shape index (κ3) is 2.13. The van der Waals surface area contributed by atoms with Gasteiger partial charge in [0, 0.05) is 18.1 Å². The lowest BCUT2D eigenvalue weighted by molar-refractivity contribution is 0.982. The van der Waals surface area contributed by atoms with E-state index in [2.05, 4.69) is 11.1 Å². The highest BCUT2D eigenvalue weighted by Crippen LogP contribution is 2.12. The van der Waals surface area contributed by atoms with Gasteiger partial charge in [-0.15, -0.1) is 0 Å². The maximum Gasteiger partial charge on any atom is 0.273 e. The van der Waals surface area contributed by atoms with E-state index in [1.807, 2.05) is 25.2 Å². The molecule has 1 aromatic heterocycles. The first-order chi connectivity index (χ1) is 7.27. The van der Waals surface area contributed by atoms with E-state index >= 15 is 0 Å². The smallest absolute Gasteiger partial charge is 0.273 e. The maximum absolute atomic E-state index is 11.5. The van der Waals surface area contributed by atoms with Crippen molar-refractivity contribution >= 4 is 5.70 Å². The van der Waals surface area contributed by atoms with Crippen LogP contribution in [0.15, 0.2) is 53.3 Å². The molecule has 0 aliphatic heterocycles. The van der Waals surface area contributed by atoms with Gasteiger partial charge in [0.1, 0.15) is 0 Å². The Balaban J connectivity index is 2.42. The van der Waals surface area contributed by atoms with Gasteiger partial charge in [-0.1, -0.05) is 23.8 Å². The van der Waals surface area contributed by atoms with Crippen LogP contribution in [0.1, 0.15) is 13.3 Å². The first kappa shape index (κ1) is 9.65. The van der Waals surface area contributed by atoms with Gasteiger partial charge in [-0.2, -0.15) is 0 Å². The summed E-state index contributed by atoms with van der Waals surface area (Å²) in [5, 5.41) is 0. The molecule has 0 spiro atoms. The van der Waals surface area contributed by atoms with Crippen molar-refractivity contribution in [2.24, 2.45) is 0 Å². The Bertz CT molecular complexity index is 506. The molecule has 0 atom stereocenters. The summed E-state index contributed by atoms with van der Waals surface area (Å²) >= 11 is 0. The molecule has 0 unspecified atom stereocenters. The first-order valence-electron chi connectivity index (χ1n) is 4.85. The van der Waals surface area contributed by atoms with Crippen molar-refractivity contribution < 1.29 is 0 Å². The van der Waals surface area contributed by atoms with Gasteiger partial charge in [-0.3, -0.25) is 14.3 Å². The topological polar surface area (TPSA) is 34.9 Å². The number of nitrogens with zero attached hydrogens (tertiary/aromatic N) is 2. The third-order valence-corrected chi connectivity index (χ3v) is 2.29. The van der Waals surface area contributed by atoms with Crippen molar-refractivity contribution in [2.75, 3.05) is 0 Å². The number of allylic oxidation sites excluding steroid dienone is 6. The standard InChI is InChI=1S/C12H12N2O/c1-10-3-2-4-11(6-5-10)14-8-7-13-9-12(14)15/h3-9H,2H2,1H3.